The molecule has 0 saturated carbocycles. The Morgan fingerprint density at radius 1 is 1.19 bits per heavy atom. The lowest BCUT2D eigenvalue weighted by molar-refractivity contribution is 0.0731. The van der Waals surface area contributed by atoms with Crippen molar-refractivity contribution in [2.75, 3.05) is 20.8 Å². The van der Waals surface area contributed by atoms with Crippen molar-refractivity contribution in [3.8, 4) is 23.0 Å². The van der Waals surface area contributed by atoms with Gasteiger partial charge in [0.25, 0.3) is 5.91 Å². The number of hydrogen-bond donors (Lipinski definition) is 1. The summed E-state index contributed by atoms with van der Waals surface area (Å²) in [5.41, 5.74) is 3.50. The molecule has 0 radical (unpaired) electrons. The highest BCUT2D eigenvalue weighted by Crippen LogP contribution is 2.26. The molecule has 1 aromatic carbocycles. The molecule has 0 spiro atoms. The van der Waals surface area contributed by atoms with Gasteiger partial charge >= 0.3 is 0 Å². The fraction of sp³-hybridized carbons (Fsp3) is 0.250. The quantitative estimate of drug-likeness (QED) is 0.770. The molecule has 27 heavy (non-hydrogen) atoms. The molecule has 7 heteroatoms. The summed E-state index contributed by atoms with van der Waals surface area (Å²) in [6, 6.07) is 11.1. The van der Waals surface area contributed by atoms with Gasteiger partial charge in [-0.3, -0.25) is 4.79 Å². The summed E-state index contributed by atoms with van der Waals surface area (Å²) in [6.07, 6.45) is 2.29. The van der Waals surface area contributed by atoms with Crippen LogP contribution in [0.15, 0.2) is 42.6 Å². The van der Waals surface area contributed by atoms with E-state index in [1.165, 1.54) is 7.11 Å². The SMILES string of the molecule is COc1cccc(-c2nc3c([nH]2)CN(C(=O)c2ccnc(OC)c2)CC3)c1. The first-order valence-corrected chi connectivity index (χ1v) is 8.69. The van der Waals surface area contributed by atoms with Crippen LogP contribution in [-0.2, 0) is 13.0 Å². The van der Waals surface area contributed by atoms with E-state index >= 15 is 0 Å². The van der Waals surface area contributed by atoms with E-state index in [9.17, 15) is 4.79 Å². The Labute approximate surface area is 157 Å². The van der Waals surface area contributed by atoms with E-state index in [1.54, 1.807) is 25.4 Å². The average Bonchev–Trinajstić information content (AvgIpc) is 3.16. The maximum Gasteiger partial charge on any atom is 0.254 e. The second-order valence-corrected chi connectivity index (χ2v) is 6.31. The number of methoxy groups -OCH3 is 2. The summed E-state index contributed by atoms with van der Waals surface area (Å²) in [7, 11) is 3.18. The summed E-state index contributed by atoms with van der Waals surface area (Å²) in [6.45, 7) is 1.12. The molecule has 0 aliphatic carbocycles. The van der Waals surface area contributed by atoms with Gasteiger partial charge in [-0.1, -0.05) is 12.1 Å². The third-order valence-electron chi connectivity index (χ3n) is 4.65. The summed E-state index contributed by atoms with van der Waals surface area (Å²) in [4.78, 5) is 26.8. The second kappa shape index (κ2) is 7.11. The van der Waals surface area contributed by atoms with Crippen molar-refractivity contribution >= 4 is 5.91 Å². The number of aromatic nitrogens is 3. The van der Waals surface area contributed by atoms with E-state index < -0.39 is 0 Å². The molecule has 2 aromatic heterocycles. The van der Waals surface area contributed by atoms with Gasteiger partial charge in [-0.15, -0.1) is 0 Å². The van der Waals surface area contributed by atoms with Crippen LogP contribution in [-0.4, -0.2) is 46.5 Å². The largest absolute Gasteiger partial charge is 0.497 e. The molecule has 4 rings (SSSR count). The number of hydrogen-bond acceptors (Lipinski definition) is 5. The lowest BCUT2D eigenvalue weighted by Gasteiger charge is -2.26. The number of H-pyrrole nitrogens is 1. The zero-order valence-corrected chi connectivity index (χ0v) is 15.2. The van der Waals surface area contributed by atoms with E-state index in [0.29, 0.717) is 31.0 Å². The average molecular weight is 364 g/mol. The lowest BCUT2D eigenvalue weighted by Crippen LogP contribution is -2.36. The number of nitrogens with one attached hydrogen (secondary N) is 1. The fourth-order valence-electron chi connectivity index (χ4n) is 3.21. The third-order valence-corrected chi connectivity index (χ3v) is 4.65. The predicted molar refractivity (Wildman–Crippen MR) is 99.8 cm³/mol. The smallest absolute Gasteiger partial charge is 0.254 e. The molecule has 1 aliphatic heterocycles. The van der Waals surface area contributed by atoms with Crippen molar-refractivity contribution in [1.82, 2.24) is 19.9 Å². The molecular formula is C20H20N4O3. The Bertz CT molecular complexity index is 983. The summed E-state index contributed by atoms with van der Waals surface area (Å²) in [5.74, 6) is 1.96. The van der Waals surface area contributed by atoms with Gasteiger partial charge in [0.1, 0.15) is 11.6 Å². The minimum atomic E-state index is -0.0427. The molecule has 3 aromatic rings. The fourth-order valence-corrected chi connectivity index (χ4v) is 3.21. The van der Waals surface area contributed by atoms with Gasteiger partial charge in [0, 0.05) is 36.4 Å². The highest BCUT2D eigenvalue weighted by molar-refractivity contribution is 5.94. The highest BCUT2D eigenvalue weighted by Gasteiger charge is 2.25. The van der Waals surface area contributed by atoms with E-state index in [-0.39, 0.29) is 5.91 Å². The number of aromatic amines is 1. The van der Waals surface area contributed by atoms with Gasteiger partial charge in [0.15, 0.2) is 0 Å². The molecular weight excluding hydrogens is 344 g/mol. The van der Waals surface area contributed by atoms with Gasteiger partial charge in [0.05, 0.1) is 32.2 Å². The standard InChI is InChI=1S/C20H20N4O3/c1-26-15-5-3-4-13(10-15)19-22-16-7-9-24(12-17(16)23-19)20(25)14-6-8-21-18(11-14)27-2/h3-6,8,10-11H,7,9,12H2,1-2H3,(H,22,23). The Balaban J connectivity index is 1.56. The molecule has 1 N–H and O–H groups in total. The van der Waals surface area contributed by atoms with Crippen molar-refractivity contribution in [3.63, 3.8) is 0 Å². The van der Waals surface area contributed by atoms with Gasteiger partial charge in [-0.05, 0) is 18.2 Å². The maximum absolute atomic E-state index is 12.8. The first kappa shape index (κ1) is 17.1. The van der Waals surface area contributed by atoms with Gasteiger partial charge in [-0.25, -0.2) is 9.97 Å². The minimum Gasteiger partial charge on any atom is -0.497 e. The van der Waals surface area contributed by atoms with Crippen molar-refractivity contribution in [1.29, 1.82) is 0 Å². The van der Waals surface area contributed by atoms with Crippen LogP contribution in [0.5, 0.6) is 11.6 Å². The number of benzene rings is 1. The van der Waals surface area contributed by atoms with E-state index in [1.807, 2.05) is 29.2 Å². The topological polar surface area (TPSA) is 80.3 Å². The Morgan fingerprint density at radius 3 is 2.89 bits per heavy atom. The van der Waals surface area contributed by atoms with Crippen LogP contribution in [0.2, 0.25) is 0 Å². The molecule has 0 bridgehead atoms. The number of fused-ring (bicyclic) bond motifs is 1. The number of nitrogens with zero attached hydrogens (tertiary/aromatic N) is 3. The van der Waals surface area contributed by atoms with Crippen LogP contribution in [0.25, 0.3) is 11.4 Å². The minimum absolute atomic E-state index is 0.0427. The molecule has 138 valence electrons. The molecule has 0 fully saturated rings. The van der Waals surface area contributed by atoms with Crippen molar-refractivity contribution in [3.05, 3.63) is 59.5 Å². The molecule has 0 saturated heterocycles. The number of amides is 1. The Hall–Kier alpha value is -3.35. The van der Waals surface area contributed by atoms with Gasteiger partial charge < -0.3 is 19.4 Å². The molecule has 1 aliphatic rings. The molecule has 0 unspecified atom stereocenters. The van der Waals surface area contributed by atoms with Crippen molar-refractivity contribution in [2.45, 2.75) is 13.0 Å². The van der Waals surface area contributed by atoms with Crippen molar-refractivity contribution in [2.24, 2.45) is 0 Å². The number of carbonyl (C=O) groups excluding carboxylic acids is 1. The normalized spacial score (nSPS) is 13.2. The molecule has 3 heterocycles. The van der Waals surface area contributed by atoms with Gasteiger partial charge in [-0.2, -0.15) is 0 Å². The first-order valence-electron chi connectivity index (χ1n) is 8.69. The number of imidazole rings is 1. The van der Waals surface area contributed by atoms with Crippen LogP contribution in [0.4, 0.5) is 0 Å². The summed E-state index contributed by atoms with van der Waals surface area (Å²) in [5, 5.41) is 0. The summed E-state index contributed by atoms with van der Waals surface area (Å²) >= 11 is 0. The molecule has 7 nitrogen and oxygen atoms in total. The molecule has 0 atom stereocenters. The number of carbonyl (C=O) groups is 1. The van der Waals surface area contributed by atoms with E-state index in [4.69, 9.17) is 14.5 Å². The van der Waals surface area contributed by atoms with Crippen LogP contribution in [0, 0.1) is 0 Å². The van der Waals surface area contributed by atoms with E-state index in [2.05, 4.69) is 9.97 Å². The van der Waals surface area contributed by atoms with Crippen LogP contribution in [0.3, 0.4) is 0 Å². The maximum atomic E-state index is 12.8. The number of rotatable bonds is 4. The van der Waals surface area contributed by atoms with Crippen molar-refractivity contribution < 1.29 is 14.3 Å². The predicted octanol–water partition coefficient (Wildman–Crippen LogP) is 2.69. The van der Waals surface area contributed by atoms with Crippen LogP contribution in [0.1, 0.15) is 21.7 Å². The third kappa shape index (κ3) is 3.36. The molecule has 1 amide bonds. The van der Waals surface area contributed by atoms with E-state index in [0.717, 1.165) is 28.5 Å². The monoisotopic (exact) mass is 364 g/mol. The highest BCUT2D eigenvalue weighted by atomic mass is 16.5. The first-order chi connectivity index (χ1) is 13.2. The summed E-state index contributed by atoms with van der Waals surface area (Å²) < 4.78 is 10.4. The Kier molecular flexibility index (Phi) is 4.50. The second-order valence-electron chi connectivity index (χ2n) is 6.31. The number of pyridine rings is 1. The van der Waals surface area contributed by atoms with Crippen LogP contribution < -0.4 is 9.47 Å². The van der Waals surface area contributed by atoms with Gasteiger partial charge in [0.2, 0.25) is 5.88 Å². The number of ether oxygens (including phenoxy) is 2. The van der Waals surface area contributed by atoms with Crippen LogP contribution >= 0.6 is 0 Å². The Morgan fingerprint density at radius 2 is 2.07 bits per heavy atom. The zero-order valence-electron chi connectivity index (χ0n) is 15.2. The zero-order chi connectivity index (χ0) is 18.8. The lowest BCUT2D eigenvalue weighted by atomic mass is 10.1.